The molecule has 25 heavy (non-hydrogen) atoms. The Labute approximate surface area is 145 Å². The van der Waals surface area contributed by atoms with Gasteiger partial charge >= 0.3 is 6.03 Å². The maximum Gasteiger partial charge on any atom is 0.324 e. The van der Waals surface area contributed by atoms with Gasteiger partial charge in [-0.25, -0.2) is 13.6 Å². The van der Waals surface area contributed by atoms with Crippen LogP contribution < -0.4 is 16.4 Å². The van der Waals surface area contributed by atoms with Gasteiger partial charge < -0.3 is 11.1 Å². The number of hydrogen-bond acceptors (Lipinski definition) is 4. The Balaban J connectivity index is 1.83. The van der Waals surface area contributed by atoms with Crippen molar-refractivity contribution in [1.82, 2.24) is 0 Å². The Hall–Kier alpha value is -2.81. The molecule has 0 bridgehead atoms. The van der Waals surface area contributed by atoms with Crippen molar-refractivity contribution < 1.29 is 23.2 Å². The summed E-state index contributed by atoms with van der Waals surface area (Å²) in [7, 11) is 0. The summed E-state index contributed by atoms with van der Waals surface area (Å²) in [6.07, 6.45) is 0.894. The van der Waals surface area contributed by atoms with Crippen LogP contribution in [0.4, 0.5) is 24.3 Å². The minimum Gasteiger partial charge on any atom is -0.365 e. The summed E-state index contributed by atoms with van der Waals surface area (Å²) in [6.45, 7) is 0. The number of ketones is 1. The number of nitrogens with two attached hydrogens (primary N) is 1. The Morgan fingerprint density at radius 3 is 2.60 bits per heavy atom. The van der Waals surface area contributed by atoms with Crippen LogP contribution in [0.5, 0.6) is 0 Å². The number of urea groups is 1. The summed E-state index contributed by atoms with van der Waals surface area (Å²) in [4.78, 5) is 36.1. The van der Waals surface area contributed by atoms with Gasteiger partial charge in [-0.15, -0.1) is 11.3 Å². The molecule has 1 aliphatic carbocycles. The zero-order valence-electron chi connectivity index (χ0n) is 12.8. The van der Waals surface area contributed by atoms with Gasteiger partial charge in [0.25, 0.3) is 5.91 Å². The molecule has 6 nitrogen and oxygen atoms in total. The first-order valence-corrected chi connectivity index (χ1v) is 8.16. The molecule has 1 aliphatic rings. The van der Waals surface area contributed by atoms with Crippen LogP contribution >= 0.6 is 11.3 Å². The fraction of sp³-hybridized carbons (Fsp3) is 0.188. The second-order valence-electron chi connectivity index (χ2n) is 5.49. The predicted molar refractivity (Wildman–Crippen MR) is 88.9 cm³/mol. The maximum absolute atomic E-state index is 13.6. The second-order valence-corrected chi connectivity index (χ2v) is 6.60. The lowest BCUT2D eigenvalue weighted by atomic mass is 9.94. The first-order chi connectivity index (χ1) is 11.8. The number of Topliss-reactive ketones (excluding diaryl/α,β-unsaturated/α-hetero) is 1. The number of primary amides is 1. The van der Waals surface area contributed by atoms with Gasteiger partial charge in [0.2, 0.25) is 0 Å². The number of fused-ring (bicyclic) bond motifs is 1. The number of hydrogen-bond donors (Lipinski definition) is 3. The molecule has 1 aromatic carbocycles. The van der Waals surface area contributed by atoms with E-state index in [-0.39, 0.29) is 28.5 Å². The Kier molecular flexibility index (Phi) is 4.49. The summed E-state index contributed by atoms with van der Waals surface area (Å²) >= 11 is 1.09. The number of thiophene rings is 1. The zero-order chi connectivity index (χ0) is 18.1. The molecule has 9 heteroatoms. The average Bonchev–Trinajstić information content (AvgIpc) is 2.86. The first-order valence-electron chi connectivity index (χ1n) is 7.34. The lowest BCUT2D eigenvalue weighted by molar-refractivity contribution is -0.118. The van der Waals surface area contributed by atoms with Crippen LogP contribution in [0, 0.1) is 11.6 Å². The molecule has 3 amide bonds. The van der Waals surface area contributed by atoms with E-state index < -0.39 is 23.6 Å². The molecule has 0 fully saturated rings. The topological polar surface area (TPSA) is 101 Å². The van der Waals surface area contributed by atoms with Crippen LogP contribution in [0.2, 0.25) is 0 Å². The molecule has 0 saturated heterocycles. The standard InChI is InChI=1S/C16H13F2N3O3S/c17-7-1-4-11(10(18)5-7)20-16(24)21-15-13(14(19)23)9-3-2-8(22)6-12(9)25-15/h1,4-5H,2-3,6H2,(H2,19,23)(H2,20,21,24). The highest BCUT2D eigenvalue weighted by Crippen LogP contribution is 2.37. The average molecular weight is 365 g/mol. The minimum atomic E-state index is -0.929. The number of nitrogens with one attached hydrogen (secondary N) is 2. The number of halogens is 2. The monoisotopic (exact) mass is 365 g/mol. The van der Waals surface area contributed by atoms with Crippen molar-refractivity contribution in [2.45, 2.75) is 19.3 Å². The molecule has 2 aromatic rings. The molecule has 130 valence electrons. The Morgan fingerprint density at radius 2 is 1.92 bits per heavy atom. The fourth-order valence-corrected chi connectivity index (χ4v) is 3.92. The molecule has 0 aliphatic heterocycles. The lowest BCUT2D eigenvalue weighted by Gasteiger charge is -2.11. The van der Waals surface area contributed by atoms with E-state index in [4.69, 9.17) is 5.73 Å². The summed E-state index contributed by atoms with van der Waals surface area (Å²) in [5.41, 5.74) is 6.02. The first kappa shape index (κ1) is 17.0. The van der Waals surface area contributed by atoms with Crippen LogP contribution in [-0.2, 0) is 17.6 Å². The third kappa shape index (κ3) is 3.50. The summed E-state index contributed by atoms with van der Waals surface area (Å²) in [5.74, 6) is -2.36. The summed E-state index contributed by atoms with van der Waals surface area (Å²) in [6, 6.07) is 1.92. The smallest absolute Gasteiger partial charge is 0.324 e. The Morgan fingerprint density at radius 1 is 1.16 bits per heavy atom. The summed E-state index contributed by atoms with van der Waals surface area (Å²) < 4.78 is 26.5. The SMILES string of the molecule is NC(=O)c1c(NC(=O)Nc2ccc(F)cc2F)sc2c1CCC(=O)C2. The van der Waals surface area contributed by atoms with Crippen LogP contribution in [0.15, 0.2) is 18.2 Å². The Bertz CT molecular complexity index is 895. The van der Waals surface area contributed by atoms with Gasteiger partial charge in [-0.2, -0.15) is 0 Å². The van der Waals surface area contributed by atoms with Gasteiger partial charge in [0.15, 0.2) is 0 Å². The lowest BCUT2D eigenvalue weighted by Crippen LogP contribution is -2.23. The van der Waals surface area contributed by atoms with Gasteiger partial charge in [0.1, 0.15) is 22.4 Å². The molecule has 1 heterocycles. The molecule has 0 saturated carbocycles. The van der Waals surface area contributed by atoms with Crippen molar-refractivity contribution in [2.75, 3.05) is 10.6 Å². The van der Waals surface area contributed by atoms with Crippen molar-refractivity contribution in [1.29, 1.82) is 0 Å². The van der Waals surface area contributed by atoms with Crippen LogP contribution in [-0.4, -0.2) is 17.7 Å². The number of carbonyl (C=O) groups is 3. The predicted octanol–water partition coefficient (Wildman–Crippen LogP) is 2.83. The summed E-state index contributed by atoms with van der Waals surface area (Å²) in [5, 5.41) is 4.89. The maximum atomic E-state index is 13.6. The van der Waals surface area contributed by atoms with Gasteiger partial charge in [-0.05, 0) is 24.1 Å². The van der Waals surface area contributed by atoms with Crippen molar-refractivity contribution >= 4 is 39.7 Å². The minimum absolute atomic E-state index is 0.0501. The molecule has 4 N–H and O–H groups in total. The third-order valence-corrected chi connectivity index (χ3v) is 4.90. The molecule has 0 atom stereocenters. The van der Waals surface area contributed by atoms with Crippen LogP contribution in [0.3, 0.4) is 0 Å². The highest BCUT2D eigenvalue weighted by Gasteiger charge is 2.27. The molecule has 0 spiro atoms. The van der Waals surface area contributed by atoms with Gasteiger partial charge in [-0.1, -0.05) is 0 Å². The number of anilines is 2. The third-order valence-electron chi connectivity index (χ3n) is 3.76. The van der Waals surface area contributed by atoms with Crippen LogP contribution in [0.25, 0.3) is 0 Å². The molecule has 0 radical (unpaired) electrons. The van der Waals surface area contributed by atoms with E-state index in [2.05, 4.69) is 10.6 Å². The van der Waals surface area contributed by atoms with Crippen molar-refractivity contribution in [3.05, 3.63) is 45.8 Å². The molecule has 1 aromatic heterocycles. The number of rotatable bonds is 3. The molecule has 0 unspecified atom stereocenters. The van der Waals surface area contributed by atoms with E-state index >= 15 is 0 Å². The zero-order valence-corrected chi connectivity index (χ0v) is 13.6. The normalized spacial score (nSPS) is 13.3. The van der Waals surface area contributed by atoms with E-state index in [0.717, 1.165) is 23.5 Å². The van der Waals surface area contributed by atoms with E-state index in [9.17, 15) is 23.2 Å². The van der Waals surface area contributed by atoms with E-state index in [1.165, 1.54) is 0 Å². The number of carbonyl (C=O) groups excluding carboxylic acids is 3. The second kappa shape index (κ2) is 6.60. The van der Waals surface area contributed by atoms with Gasteiger partial charge in [0, 0.05) is 23.8 Å². The van der Waals surface area contributed by atoms with Crippen molar-refractivity contribution in [3.8, 4) is 0 Å². The molecule has 3 rings (SSSR count). The van der Waals surface area contributed by atoms with Crippen molar-refractivity contribution in [2.24, 2.45) is 5.73 Å². The van der Waals surface area contributed by atoms with E-state index in [1.807, 2.05) is 0 Å². The van der Waals surface area contributed by atoms with Crippen LogP contribution in [0.1, 0.15) is 27.2 Å². The highest BCUT2D eigenvalue weighted by molar-refractivity contribution is 7.17. The van der Waals surface area contributed by atoms with E-state index in [0.29, 0.717) is 29.3 Å². The van der Waals surface area contributed by atoms with Gasteiger partial charge in [-0.3, -0.25) is 14.9 Å². The fourth-order valence-electron chi connectivity index (χ4n) is 2.65. The van der Waals surface area contributed by atoms with Gasteiger partial charge in [0.05, 0.1) is 11.3 Å². The van der Waals surface area contributed by atoms with E-state index in [1.54, 1.807) is 0 Å². The number of benzene rings is 1. The highest BCUT2D eigenvalue weighted by atomic mass is 32.1. The number of amides is 3. The van der Waals surface area contributed by atoms with Crippen molar-refractivity contribution in [3.63, 3.8) is 0 Å². The largest absolute Gasteiger partial charge is 0.365 e. The quantitative estimate of drug-likeness (QED) is 0.779. The molecular weight excluding hydrogens is 352 g/mol. The molecular formula is C16H13F2N3O3S.